The molecule has 149 valence electrons. The van der Waals surface area contributed by atoms with Gasteiger partial charge in [-0.2, -0.15) is 18.4 Å². The van der Waals surface area contributed by atoms with Crippen molar-refractivity contribution in [3.8, 4) is 6.07 Å². The highest BCUT2D eigenvalue weighted by molar-refractivity contribution is 6.23. The molecule has 0 aliphatic carbocycles. The molecule has 1 aliphatic heterocycles. The number of amides is 3. The second kappa shape index (κ2) is 7.20. The molecule has 3 rings (SSSR count). The summed E-state index contributed by atoms with van der Waals surface area (Å²) in [6, 6.07) is 11.9. The predicted octanol–water partition coefficient (Wildman–Crippen LogP) is 4.03. The Bertz CT molecular complexity index is 1000. The summed E-state index contributed by atoms with van der Waals surface area (Å²) in [7, 11) is 0. The summed E-state index contributed by atoms with van der Waals surface area (Å²) in [5.74, 6) is -0.819. The Morgan fingerprint density at radius 2 is 1.83 bits per heavy atom. The lowest BCUT2D eigenvalue weighted by Gasteiger charge is -2.31. The van der Waals surface area contributed by atoms with Gasteiger partial charge in [-0.3, -0.25) is 4.79 Å². The van der Waals surface area contributed by atoms with Crippen LogP contribution in [0.3, 0.4) is 0 Å². The highest BCUT2D eigenvalue weighted by atomic mass is 19.4. The lowest BCUT2D eigenvalue weighted by Crippen LogP contribution is -2.45. The fraction of sp³-hybridized carbons (Fsp3) is 0.250. The van der Waals surface area contributed by atoms with E-state index in [0.717, 1.165) is 17.0 Å². The third-order valence-corrected chi connectivity index (χ3v) is 4.86. The molecule has 2 aromatic carbocycles. The molecular formula is C20H14F4N3O2. The minimum Gasteiger partial charge on any atom is -0.303 e. The third-order valence-electron chi connectivity index (χ3n) is 4.86. The van der Waals surface area contributed by atoms with Crippen LogP contribution in [0.1, 0.15) is 23.6 Å². The van der Waals surface area contributed by atoms with E-state index in [-0.39, 0.29) is 5.69 Å². The first kappa shape index (κ1) is 20.3. The lowest BCUT2D eigenvalue weighted by atomic mass is 9.90. The molecule has 0 spiro atoms. The molecule has 1 radical (unpaired) electrons. The zero-order chi connectivity index (χ0) is 21.4. The Morgan fingerprint density at radius 1 is 1.17 bits per heavy atom. The highest BCUT2D eigenvalue weighted by Crippen LogP contribution is 2.41. The average Bonchev–Trinajstić information content (AvgIpc) is 2.89. The molecule has 0 aromatic heterocycles. The summed E-state index contributed by atoms with van der Waals surface area (Å²) < 4.78 is 53.1. The van der Waals surface area contributed by atoms with Crippen LogP contribution in [-0.4, -0.2) is 30.1 Å². The fourth-order valence-electron chi connectivity index (χ4n) is 3.36. The molecule has 0 N–H and O–H groups in total. The molecule has 9 heteroatoms. The van der Waals surface area contributed by atoms with E-state index in [1.807, 2.05) is 0 Å². The number of hydrogen-bond acceptors (Lipinski definition) is 3. The maximum atomic E-state index is 13.3. The van der Waals surface area contributed by atoms with E-state index in [9.17, 15) is 27.2 Å². The van der Waals surface area contributed by atoms with Crippen molar-refractivity contribution in [2.24, 2.45) is 0 Å². The quantitative estimate of drug-likeness (QED) is 0.571. The number of carbonyl (C=O) groups excluding carboxylic acids is 2. The molecular weight excluding hydrogens is 390 g/mol. The summed E-state index contributed by atoms with van der Waals surface area (Å²) in [6.45, 7) is 0.0493. The topological polar surface area (TPSA) is 64.4 Å². The van der Waals surface area contributed by atoms with Gasteiger partial charge in [0.05, 0.1) is 29.4 Å². The Balaban J connectivity index is 2.16. The van der Waals surface area contributed by atoms with Gasteiger partial charge in [-0.15, -0.1) is 0 Å². The first-order chi connectivity index (χ1) is 13.7. The van der Waals surface area contributed by atoms with Crippen molar-refractivity contribution in [3.05, 3.63) is 65.2 Å². The van der Waals surface area contributed by atoms with E-state index in [1.165, 1.54) is 37.3 Å². The Labute approximate surface area is 163 Å². The normalized spacial score (nSPS) is 19.6. The van der Waals surface area contributed by atoms with Gasteiger partial charge in [-0.1, -0.05) is 24.3 Å². The van der Waals surface area contributed by atoms with Gasteiger partial charge in [0.1, 0.15) is 12.2 Å². The van der Waals surface area contributed by atoms with E-state index in [1.54, 1.807) is 0 Å². The molecule has 1 unspecified atom stereocenters. The van der Waals surface area contributed by atoms with Gasteiger partial charge in [0.2, 0.25) is 0 Å². The van der Waals surface area contributed by atoms with Gasteiger partial charge >= 0.3 is 12.2 Å². The molecule has 5 nitrogen and oxygen atoms in total. The molecule has 1 atom stereocenters. The Morgan fingerprint density at radius 3 is 2.38 bits per heavy atom. The highest BCUT2D eigenvalue weighted by Gasteiger charge is 2.55. The smallest absolute Gasteiger partial charge is 0.303 e. The van der Waals surface area contributed by atoms with Gasteiger partial charge in [0.25, 0.3) is 5.91 Å². The summed E-state index contributed by atoms with van der Waals surface area (Å²) in [5, 5.41) is 8.94. The standard InChI is InChI=1S/C20H14F4N3O2/c1-19(14-5-3-2-4-6-14)17(28)27(18(29)26(19)10-9-21)15-8-7-13(12-25)16(11-15)20(22,23)24/h3-8,11H,9-10H2,1H3. The van der Waals surface area contributed by atoms with E-state index < -0.39 is 48.0 Å². The molecule has 1 aliphatic rings. The fourth-order valence-corrected chi connectivity index (χ4v) is 3.36. The SMILES string of the molecule is CC1(c2cc[c]cc2)C(=O)N(c2ccc(C#N)c(C(F)(F)F)c2)C(=O)N1CCF. The summed E-state index contributed by atoms with van der Waals surface area (Å²) in [5.41, 5.74) is -3.48. The molecule has 0 saturated carbocycles. The van der Waals surface area contributed by atoms with Crippen LogP contribution >= 0.6 is 0 Å². The second-order valence-corrected chi connectivity index (χ2v) is 6.46. The maximum Gasteiger partial charge on any atom is 0.417 e. The molecule has 1 fully saturated rings. The van der Waals surface area contributed by atoms with Crippen molar-refractivity contribution in [2.75, 3.05) is 18.1 Å². The van der Waals surface area contributed by atoms with E-state index in [4.69, 9.17) is 5.26 Å². The number of carbonyl (C=O) groups is 2. The lowest BCUT2D eigenvalue weighted by molar-refractivity contribution is -0.137. The average molecular weight is 404 g/mol. The molecule has 29 heavy (non-hydrogen) atoms. The number of anilines is 1. The maximum absolute atomic E-state index is 13.3. The number of benzene rings is 2. The van der Waals surface area contributed by atoms with Crippen LogP contribution in [0.25, 0.3) is 0 Å². The van der Waals surface area contributed by atoms with E-state index >= 15 is 0 Å². The van der Waals surface area contributed by atoms with E-state index in [2.05, 4.69) is 6.07 Å². The number of alkyl halides is 4. The zero-order valence-electron chi connectivity index (χ0n) is 15.1. The van der Waals surface area contributed by atoms with Crippen LogP contribution in [0.15, 0.2) is 42.5 Å². The number of rotatable bonds is 4. The summed E-state index contributed by atoms with van der Waals surface area (Å²) >= 11 is 0. The Kier molecular flexibility index (Phi) is 5.05. The van der Waals surface area contributed by atoms with Crippen molar-refractivity contribution in [3.63, 3.8) is 0 Å². The third kappa shape index (κ3) is 3.20. The first-order valence-electron chi connectivity index (χ1n) is 8.46. The molecule has 0 bridgehead atoms. The van der Waals surface area contributed by atoms with Crippen LogP contribution in [0, 0.1) is 17.4 Å². The zero-order valence-corrected chi connectivity index (χ0v) is 15.1. The molecule has 1 heterocycles. The number of nitriles is 1. The van der Waals surface area contributed by atoms with E-state index in [0.29, 0.717) is 16.5 Å². The van der Waals surface area contributed by atoms with Crippen molar-refractivity contribution in [1.29, 1.82) is 5.26 Å². The number of halogens is 4. The first-order valence-corrected chi connectivity index (χ1v) is 8.46. The van der Waals surface area contributed by atoms with Crippen LogP contribution < -0.4 is 4.90 Å². The molecule has 2 aromatic rings. The van der Waals surface area contributed by atoms with Crippen molar-refractivity contribution in [2.45, 2.75) is 18.6 Å². The summed E-state index contributed by atoms with van der Waals surface area (Å²) in [4.78, 5) is 27.7. The van der Waals surface area contributed by atoms with Crippen LogP contribution in [0.5, 0.6) is 0 Å². The minimum atomic E-state index is -4.86. The van der Waals surface area contributed by atoms with Crippen molar-refractivity contribution in [1.82, 2.24) is 4.90 Å². The second-order valence-electron chi connectivity index (χ2n) is 6.46. The van der Waals surface area contributed by atoms with Gasteiger partial charge < -0.3 is 4.90 Å². The van der Waals surface area contributed by atoms with Crippen LogP contribution in [-0.2, 0) is 16.5 Å². The monoisotopic (exact) mass is 404 g/mol. The summed E-state index contributed by atoms with van der Waals surface area (Å²) in [6.07, 6.45) is -4.86. The van der Waals surface area contributed by atoms with Gasteiger partial charge in [-0.25, -0.2) is 14.1 Å². The van der Waals surface area contributed by atoms with Gasteiger partial charge in [0, 0.05) is 0 Å². The van der Waals surface area contributed by atoms with Crippen molar-refractivity contribution >= 4 is 17.6 Å². The predicted molar refractivity (Wildman–Crippen MR) is 94.4 cm³/mol. The minimum absolute atomic E-state index is 0.346. The number of urea groups is 1. The van der Waals surface area contributed by atoms with Gasteiger partial charge in [-0.05, 0) is 36.8 Å². The molecule has 3 amide bonds. The van der Waals surface area contributed by atoms with Crippen LogP contribution in [0.4, 0.5) is 28.0 Å². The van der Waals surface area contributed by atoms with Gasteiger partial charge in [0.15, 0.2) is 0 Å². The molecule has 1 saturated heterocycles. The Hall–Kier alpha value is -3.41. The largest absolute Gasteiger partial charge is 0.417 e. The van der Waals surface area contributed by atoms with Crippen LogP contribution in [0.2, 0.25) is 0 Å². The number of hydrogen-bond donors (Lipinski definition) is 0. The number of imide groups is 1. The van der Waals surface area contributed by atoms with Crippen molar-refractivity contribution < 1.29 is 27.2 Å². The number of nitrogens with zero attached hydrogens (tertiary/aromatic N) is 3.